The first-order chi connectivity index (χ1) is 10.1. The Balaban J connectivity index is 1.72. The number of nitrogen functional groups attached to an aromatic ring is 1. The zero-order valence-electron chi connectivity index (χ0n) is 12.6. The van der Waals surface area contributed by atoms with E-state index in [1.165, 1.54) is 12.8 Å². The topological polar surface area (TPSA) is 75.4 Å². The van der Waals surface area contributed by atoms with E-state index < -0.39 is 5.60 Å². The Morgan fingerprint density at radius 3 is 2.38 bits per heavy atom. The minimum absolute atomic E-state index is 0.00416. The highest BCUT2D eigenvalue weighted by molar-refractivity contribution is 5.76. The van der Waals surface area contributed by atoms with Gasteiger partial charge in [0.1, 0.15) is 0 Å². The molecule has 0 aliphatic heterocycles. The highest BCUT2D eigenvalue weighted by Crippen LogP contribution is 2.26. The van der Waals surface area contributed by atoms with Gasteiger partial charge in [0.15, 0.2) is 0 Å². The molecule has 4 heteroatoms. The van der Waals surface area contributed by atoms with Crippen molar-refractivity contribution in [2.24, 2.45) is 0 Å². The smallest absolute Gasteiger partial charge is 0.220 e. The van der Waals surface area contributed by atoms with Gasteiger partial charge in [-0.15, -0.1) is 0 Å². The highest BCUT2D eigenvalue weighted by Gasteiger charge is 2.28. The van der Waals surface area contributed by atoms with Crippen molar-refractivity contribution >= 4 is 11.6 Å². The number of benzene rings is 1. The number of nitrogens with one attached hydrogen (secondary N) is 1. The number of hydrogen-bond donors (Lipinski definition) is 3. The zero-order valence-corrected chi connectivity index (χ0v) is 12.6. The van der Waals surface area contributed by atoms with Gasteiger partial charge in [-0.25, -0.2) is 0 Å². The van der Waals surface area contributed by atoms with Gasteiger partial charge in [0, 0.05) is 18.7 Å². The van der Waals surface area contributed by atoms with Crippen LogP contribution in [0.5, 0.6) is 0 Å². The van der Waals surface area contributed by atoms with Gasteiger partial charge in [0.05, 0.1) is 5.60 Å². The summed E-state index contributed by atoms with van der Waals surface area (Å²) in [7, 11) is 0. The summed E-state index contributed by atoms with van der Waals surface area (Å²) < 4.78 is 0. The Bertz CT molecular complexity index is 448. The lowest BCUT2D eigenvalue weighted by Crippen LogP contribution is -2.42. The zero-order chi connectivity index (χ0) is 15.1. The van der Waals surface area contributed by atoms with Crippen LogP contribution in [0.1, 0.15) is 50.5 Å². The number of aliphatic hydroxyl groups is 1. The molecular formula is C17H26N2O2. The van der Waals surface area contributed by atoms with Crippen LogP contribution < -0.4 is 11.1 Å². The molecule has 1 saturated carbocycles. The predicted octanol–water partition coefficient (Wildman–Crippen LogP) is 2.40. The van der Waals surface area contributed by atoms with Crippen molar-refractivity contribution in [3.63, 3.8) is 0 Å². The first kappa shape index (κ1) is 15.8. The molecule has 0 unspecified atom stereocenters. The maximum absolute atomic E-state index is 11.9. The number of hydrogen-bond acceptors (Lipinski definition) is 3. The van der Waals surface area contributed by atoms with Crippen molar-refractivity contribution in [3.05, 3.63) is 29.8 Å². The average Bonchev–Trinajstić information content (AvgIpc) is 2.70. The van der Waals surface area contributed by atoms with Crippen LogP contribution in [0.2, 0.25) is 0 Å². The normalized spacial score (nSPS) is 18.0. The Kier molecular flexibility index (Phi) is 5.62. The lowest BCUT2D eigenvalue weighted by molar-refractivity contribution is -0.122. The van der Waals surface area contributed by atoms with Crippen LogP contribution >= 0.6 is 0 Å². The van der Waals surface area contributed by atoms with E-state index in [9.17, 15) is 9.90 Å². The van der Waals surface area contributed by atoms with Gasteiger partial charge in [-0.05, 0) is 37.0 Å². The fraction of sp³-hybridized carbons (Fsp3) is 0.588. The van der Waals surface area contributed by atoms with Gasteiger partial charge in [-0.1, -0.05) is 37.8 Å². The number of aryl methyl sites for hydroxylation is 1. The van der Waals surface area contributed by atoms with Crippen molar-refractivity contribution in [2.45, 2.75) is 57.0 Å². The minimum Gasteiger partial charge on any atom is -0.399 e. The van der Waals surface area contributed by atoms with E-state index in [0.29, 0.717) is 19.4 Å². The standard InChI is InChI=1S/C17H26N2O2/c18-15-8-5-14(6-9-15)7-10-16(20)19-13-17(21)11-3-1-2-4-12-17/h5-6,8-9,21H,1-4,7,10-13,18H2,(H,19,20). The Morgan fingerprint density at radius 1 is 1.14 bits per heavy atom. The molecule has 21 heavy (non-hydrogen) atoms. The summed E-state index contributed by atoms with van der Waals surface area (Å²) >= 11 is 0. The quantitative estimate of drug-likeness (QED) is 0.576. The fourth-order valence-electron chi connectivity index (χ4n) is 2.86. The maximum Gasteiger partial charge on any atom is 0.220 e. The third-order valence-electron chi connectivity index (χ3n) is 4.27. The molecule has 4 N–H and O–H groups in total. The van der Waals surface area contributed by atoms with Crippen molar-refractivity contribution in [1.29, 1.82) is 0 Å². The average molecular weight is 290 g/mol. The molecule has 1 aliphatic carbocycles. The first-order valence-corrected chi connectivity index (χ1v) is 7.91. The molecule has 0 bridgehead atoms. The maximum atomic E-state index is 11.9. The predicted molar refractivity (Wildman–Crippen MR) is 84.8 cm³/mol. The van der Waals surface area contributed by atoms with Crippen LogP contribution in [0.25, 0.3) is 0 Å². The van der Waals surface area contributed by atoms with Crippen LogP contribution in [0.15, 0.2) is 24.3 Å². The van der Waals surface area contributed by atoms with E-state index in [4.69, 9.17) is 5.73 Å². The molecule has 4 nitrogen and oxygen atoms in total. The van der Waals surface area contributed by atoms with Crippen LogP contribution in [0, 0.1) is 0 Å². The molecule has 0 aromatic heterocycles. The van der Waals surface area contributed by atoms with E-state index in [0.717, 1.165) is 36.9 Å². The first-order valence-electron chi connectivity index (χ1n) is 7.91. The number of amides is 1. The van der Waals surface area contributed by atoms with Gasteiger partial charge in [0.25, 0.3) is 0 Å². The Hall–Kier alpha value is -1.55. The number of rotatable bonds is 5. The van der Waals surface area contributed by atoms with E-state index in [1.807, 2.05) is 24.3 Å². The lowest BCUT2D eigenvalue weighted by Gasteiger charge is -2.26. The molecule has 0 saturated heterocycles. The summed E-state index contributed by atoms with van der Waals surface area (Å²) in [6.07, 6.45) is 7.22. The van der Waals surface area contributed by atoms with Gasteiger partial charge < -0.3 is 16.2 Å². The molecule has 1 amide bonds. The molecule has 1 fully saturated rings. The summed E-state index contributed by atoms with van der Waals surface area (Å²) in [6.45, 7) is 0.383. The molecular weight excluding hydrogens is 264 g/mol. The van der Waals surface area contributed by atoms with E-state index >= 15 is 0 Å². The van der Waals surface area contributed by atoms with Crippen molar-refractivity contribution in [3.8, 4) is 0 Å². The second-order valence-electron chi connectivity index (χ2n) is 6.16. The second kappa shape index (κ2) is 7.46. The molecule has 0 spiro atoms. The summed E-state index contributed by atoms with van der Waals surface area (Å²) in [5, 5.41) is 13.4. The van der Waals surface area contributed by atoms with Crippen LogP contribution in [-0.2, 0) is 11.2 Å². The van der Waals surface area contributed by atoms with E-state index in [1.54, 1.807) is 0 Å². The summed E-state index contributed by atoms with van der Waals surface area (Å²) in [5.41, 5.74) is 6.77. The molecule has 0 atom stereocenters. The second-order valence-corrected chi connectivity index (χ2v) is 6.16. The number of anilines is 1. The number of carbonyl (C=O) groups is 1. The van der Waals surface area contributed by atoms with Crippen molar-refractivity contribution in [1.82, 2.24) is 5.32 Å². The monoisotopic (exact) mass is 290 g/mol. The number of carbonyl (C=O) groups excluding carboxylic acids is 1. The highest BCUT2D eigenvalue weighted by atomic mass is 16.3. The van der Waals surface area contributed by atoms with Gasteiger partial charge in [0.2, 0.25) is 5.91 Å². The van der Waals surface area contributed by atoms with Crippen LogP contribution in [0.4, 0.5) is 5.69 Å². The molecule has 2 rings (SSSR count). The molecule has 116 valence electrons. The molecule has 1 aromatic carbocycles. The van der Waals surface area contributed by atoms with Crippen molar-refractivity contribution < 1.29 is 9.90 Å². The van der Waals surface area contributed by atoms with Gasteiger partial charge in [-0.3, -0.25) is 4.79 Å². The van der Waals surface area contributed by atoms with Gasteiger partial charge >= 0.3 is 0 Å². The van der Waals surface area contributed by atoms with E-state index in [-0.39, 0.29) is 5.91 Å². The Labute approximate surface area is 126 Å². The van der Waals surface area contributed by atoms with Gasteiger partial charge in [-0.2, -0.15) is 0 Å². The SMILES string of the molecule is Nc1ccc(CCC(=O)NCC2(O)CCCCCC2)cc1. The molecule has 1 aliphatic rings. The largest absolute Gasteiger partial charge is 0.399 e. The number of nitrogens with two attached hydrogens (primary N) is 1. The van der Waals surface area contributed by atoms with Crippen LogP contribution in [-0.4, -0.2) is 23.2 Å². The summed E-state index contributed by atoms with van der Waals surface area (Å²) in [6, 6.07) is 7.59. The molecule has 0 heterocycles. The third kappa shape index (κ3) is 5.38. The fourth-order valence-corrected chi connectivity index (χ4v) is 2.86. The summed E-state index contributed by atoms with van der Waals surface area (Å²) in [5.74, 6) is 0.00416. The minimum atomic E-state index is -0.701. The molecule has 1 aromatic rings. The molecule has 0 radical (unpaired) electrons. The summed E-state index contributed by atoms with van der Waals surface area (Å²) in [4.78, 5) is 11.9. The van der Waals surface area contributed by atoms with Crippen LogP contribution in [0.3, 0.4) is 0 Å². The Morgan fingerprint density at radius 2 is 1.76 bits per heavy atom. The third-order valence-corrected chi connectivity index (χ3v) is 4.27. The van der Waals surface area contributed by atoms with Crippen molar-refractivity contribution in [2.75, 3.05) is 12.3 Å². The van der Waals surface area contributed by atoms with E-state index in [2.05, 4.69) is 5.32 Å². The lowest BCUT2D eigenvalue weighted by atomic mass is 9.94.